The van der Waals surface area contributed by atoms with E-state index in [-0.39, 0.29) is 6.09 Å². The van der Waals surface area contributed by atoms with E-state index in [4.69, 9.17) is 14.2 Å². The lowest BCUT2D eigenvalue weighted by Crippen LogP contribution is -2.32. The van der Waals surface area contributed by atoms with Crippen molar-refractivity contribution < 1.29 is 19.0 Å². The number of carbonyl (C=O) groups excluding carboxylic acids is 1. The number of nitrogens with one attached hydrogen (secondary N) is 1. The summed E-state index contributed by atoms with van der Waals surface area (Å²) in [4.78, 5) is 11.5. The molecule has 7 heteroatoms. The summed E-state index contributed by atoms with van der Waals surface area (Å²) < 4.78 is 17.9. The number of halogens is 2. The van der Waals surface area contributed by atoms with Crippen molar-refractivity contribution in [2.45, 2.75) is 52.1 Å². The Morgan fingerprint density at radius 1 is 1.04 bits per heavy atom. The van der Waals surface area contributed by atoms with Crippen molar-refractivity contribution in [1.82, 2.24) is 5.32 Å². The first-order valence-corrected chi connectivity index (χ1v) is 9.94. The molecular weight excluding hydrogens is 454 g/mol. The standard InChI is InChI=1S/C18H27Br2NO4/c1-18(2,3)25-17(22)21-9-7-5-6-8-10-24-16-12-13(19)15(23-4)11-14(16)20/h11-12H,5-10H2,1-4H3,(H,21,22). The fourth-order valence-electron chi connectivity index (χ4n) is 2.04. The van der Waals surface area contributed by atoms with Gasteiger partial charge in [-0.1, -0.05) is 12.8 Å². The normalized spacial score (nSPS) is 11.1. The zero-order valence-electron chi connectivity index (χ0n) is 15.3. The Hall–Kier alpha value is -0.950. The molecule has 0 bridgehead atoms. The Balaban J connectivity index is 2.13. The molecule has 1 aromatic rings. The lowest BCUT2D eigenvalue weighted by molar-refractivity contribution is 0.0527. The SMILES string of the molecule is COc1cc(Br)c(OCCCCCCNC(=O)OC(C)(C)C)cc1Br. The van der Waals surface area contributed by atoms with Crippen molar-refractivity contribution in [3.63, 3.8) is 0 Å². The molecular formula is C18H27Br2NO4. The van der Waals surface area contributed by atoms with Gasteiger partial charge in [0.2, 0.25) is 0 Å². The molecule has 1 amide bonds. The van der Waals surface area contributed by atoms with Gasteiger partial charge in [0.15, 0.2) is 0 Å². The summed E-state index contributed by atoms with van der Waals surface area (Å²) >= 11 is 6.93. The number of carbonyl (C=O) groups is 1. The number of hydrogen-bond donors (Lipinski definition) is 1. The van der Waals surface area contributed by atoms with E-state index in [1.165, 1.54) is 0 Å². The maximum Gasteiger partial charge on any atom is 0.407 e. The number of methoxy groups -OCH3 is 1. The number of rotatable bonds is 9. The van der Waals surface area contributed by atoms with Crippen LogP contribution in [0.15, 0.2) is 21.1 Å². The lowest BCUT2D eigenvalue weighted by Gasteiger charge is -2.19. The molecule has 0 aliphatic rings. The van der Waals surface area contributed by atoms with Crippen LogP contribution in [0.3, 0.4) is 0 Å². The van der Waals surface area contributed by atoms with Crippen LogP contribution in [0.5, 0.6) is 11.5 Å². The lowest BCUT2D eigenvalue weighted by atomic mass is 10.2. The van der Waals surface area contributed by atoms with Gasteiger partial charge in [-0.2, -0.15) is 0 Å². The minimum Gasteiger partial charge on any atom is -0.496 e. The van der Waals surface area contributed by atoms with Gasteiger partial charge < -0.3 is 19.5 Å². The number of hydrogen-bond acceptors (Lipinski definition) is 4. The molecule has 0 atom stereocenters. The Morgan fingerprint density at radius 2 is 1.64 bits per heavy atom. The topological polar surface area (TPSA) is 56.8 Å². The molecule has 1 rings (SSSR count). The first-order valence-electron chi connectivity index (χ1n) is 8.35. The van der Waals surface area contributed by atoms with E-state index in [0.717, 1.165) is 46.1 Å². The molecule has 0 saturated carbocycles. The van der Waals surface area contributed by atoms with Crippen LogP contribution in [-0.4, -0.2) is 32.0 Å². The summed E-state index contributed by atoms with van der Waals surface area (Å²) in [6.45, 7) is 6.84. The highest BCUT2D eigenvalue weighted by molar-refractivity contribution is 9.11. The highest BCUT2D eigenvalue weighted by Gasteiger charge is 2.15. The number of amides is 1. The predicted molar refractivity (Wildman–Crippen MR) is 107 cm³/mol. The molecule has 0 unspecified atom stereocenters. The molecule has 0 heterocycles. The number of ether oxygens (including phenoxy) is 3. The number of unbranched alkanes of at least 4 members (excludes halogenated alkanes) is 3. The van der Waals surface area contributed by atoms with Crippen LogP contribution in [0.25, 0.3) is 0 Å². The van der Waals surface area contributed by atoms with E-state index >= 15 is 0 Å². The minimum atomic E-state index is -0.452. The molecule has 0 aliphatic carbocycles. The highest BCUT2D eigenvalue weighted by atomic mass is 79.9. The summed E-state index contributed by atoms with van der Waals surface area (Å²) in [7, 11) is 1.63. The Morgan fingerprint density at radius 3 is 2.28 bits per heavy atom. The zero-order chi connectivity index (χ0) is 18.9. The molecule has 142 valence electrons. The third-order valence-corrected chi connectivity index (χ3v) is 4.44. The Bertz CT molecular complexity index is 559. The first-order chi connectivity index (χ1) is 11.7. The van der Waals surface area contributed by atoms with Crippen LogP contribution in [0.2, 0.25) is 0 Å². The molecule has 0 radical (unpaired) electrons. The van der Waals surface area contributed by atoms with Gasteiger partial charge in [-0.05, 0) is 77.6 Å². The van der Waals surface area contributed by atoms with Gasteiger partial charge in [0.05, 0.1) is 22.7 Å². The molecule has 25 heavy (non-hydrogen) atoms. The van der Waals surface area contributed by atoms with Crippen LogP contribution < -0.4 is 14.8 Å². The minimum absolute atomic E-state index is 0.356. The summed E-state index contributed by atoms with van der Waals surface area (Å²) in [5, 5.41) is 2.76. The van der Waals surface area contributed by atoms with Crippen LogP contribution >= 0.6 is 31.9 Å². The molecule has 0 saturated heterocycles. The molecule has 0 aromatic heterocycles. The number of alkyl carbamates (subject to hydrolysis) is 1. The first kappa shape index (κ1) is 22.1. The monoisotopic (exact) mass is 479 g/mol. The third kappa shape index (κ3) is 9.35. The average Bonchev–Trinajstić information content (AvgIpc) is 2.50. The fourth-order valence-corrected chi connectivity index (χ4v) is 2.97. The molecule has 1 N–H and O–H groups in total. The van der Waals surface area contributed by atoms with Gasteiger partial charge >= 0.3 is 6.09 Å². The van der Waals surface area contributed by atoms with E-state index in [2.05, 4.69) is 37.2 Å². The van der Waals surface area contributed by atoms with E-state index in [0.29, 0.717) is 13.2 Å². The largest absolute Gasteiger partial charge is 0.496 e. The maximum absolute atomic E-state index is 11.5. The number of benzene rings is 1. The van der Waals surface area contributed by atoms with Gasteiger partial charge in [0, 0.05) is 6.54 Å². The smallest absolute Gasteiger partial charge is 0.407 e. The molecule has 0 spiro atoms. The van der Waals surface area contributed by atoms with E-state index in [1.807, 2.05) is 32.9 Å². The highest BCUT2D eigenvalue weighted by Crippen LogP contribution is 2.36. The van der Waals surface area contributed by atoms with Crippen molar-refractivity contribution >= 4 is 38.0 Å². The van der Waals surface area contributed by atoms with E-state index in [9.17, 15) is 4.79 Å². The van der Waals surface area contributed by atoms with Crippen LogP contribution in [0.4, 0.5) is 4.79 Å². The summed E-state index contributed by atoms with van der Waals surface area (Å²) in [5.41, 5.74) is -0.452. The van der Waals surface area contributed by atoms with Crippen molar-refractivity contribution in [1.29, 1.82) is 0 Å². The van der Waals surface area contributed by atoms with Gasteiger partial charge in [-0.3, -0.25) is 0 Å². The Kier molecular flexibility index (Phi) is 9.64. The second kappa shape index (κ2) is 10.9. The quantitative estimate of drug-likeness (QED) is 0.461. The van der Waals surface area contributed by atoms with Crippen LogP contribution in [0.1, 0.15) is 46.5 Å². The summed E-state index contributed by atoms with van der Waals surface area (Å²) in [6, 6.07) is 3.77. The van der Waals surface area contributed by atoms with Crippen LogP contribution in [0, 0.1) is 0 Å². The molecule has 0 fully saturated rings. The van der Waals surface area contributed by atoms with Crippen molar-refractivity contribution in [3.8, 4) is 11.5 Å². The Labute approximate surface area is 167 Å². The third-order valence-electron chi connectivity index (χ3n) is 3.20. The van der Waals surface area contributed by atoms with Crippen molar-refractivity contribution in [2.24, 2.45) is 0 Å². The summed E-state index contributed by atoms with van der Waals surface area (Å²) in [6.07, 6.45) is 3.61. The predicted octanol–water partition coefficient (Wildman–Crippen LogP) is 5.68. The second-order valence-electron chi connectivity index (χ2n) is 6.61. The van der Waals surface area contributed by atoms with E-state index in [1.54, 1.807) is 7.11 Å². The summed E-state index contributed by atoms with van der Waals surface area (Å²) in [5.74, 6) is 1.55. The van der Waals surface area contributed by atoms with Crippen molar-refractivity contribution in [3.05, 3.63) is 21.1 Å². The van der Waals surface area contributed by atoms with Crippen molar-refractivity contribution in [2.75, 3.05) is 20.3 Å². The molecule has 1 aromatic carbocycles. The van der Waals surface area contributed by atoms with Crippen LogP contribution in [-0.2, 0) is 4.74 Å². The van der Waals surface area contributed by atoms with Gasteiger partial charge in [0.25, 0.3) is 0 Å². The maximum atomic E-state index is 11.5. The molecule has 5 nitrogen and oxygen atoms in total. The second-order valence-corrected chi connectivity index (χ2v) is 8.32. The van der Waals surface area contributed by atoms with Gasteiger partial charge in [0.1, 0.15) is 17.1 Å². The molecule has 0 aliphatic heterocycles. The zero-order valence-corrected chi connectivity index (χ0v) is 18.5. The van der Waals surface area contributed by atoms with E-state index < -0.39 is 5.60 Å². The van der Waals surface area contributed by atoms with Gasteiger partial charge in [-0.25, -0.2) is 4.79 Å². The van der Waals surface area contributed by atoms with Gasteiger partial charge in [-0.15, -0.1) is 0 Å². The fraction of sp³-hybridized carbons (Fsp3) is 0.611. The average molecular weight is 481 g/mol.